The Balaban J connectivity index is 1.92. The SMILES string of the molecule is NC(=O)[C@@H]1C[C@@H](F)CN1C(=O)c1ccc2cc[nH]c2c1. The third-order valence-electron chi connectivity index (χ3n) is 3.64. The average molecular weight is 275 g/mol. The highest BCUT2D eigenvalue weighted by Crippen LogP contribution is 2.24. The van der Waals surface area contributed by atoms with Crippen molar-refractivity contribution in [2.45, 2.75) is 18.6 Å². The number of nitrogens with zero attached hydrogens (tertiary/aromatic N) is 1. The van der Waals surface area contributed by atoms with Gasteiger partial charge in [0.2, 0.25) is 5.91 Å². The molecule has 1 aromatic carbocycles. The Morgan fingerprint density at radius 3 is 2.90 bits per heavy atom. The van der Waals surface area contributed by atoms with Crippen molar-refractivity contribution in [2.24, 2.45) is 5.73 Å². The van der Waals surface area contributed by atoms with Crippen molar-refractivity contribution in [3.8, 4) is 0 Å². The molecule has 2 heterocycles. The van der Waals surface area contributed by atoms with E-state index in [1.807, 2.05) is 6.07 Å². The normalized spacial score (nSPS) is 22.4. The Kier molecular flexibility index (Phi) is 2.93. The first-order valence-corrected chi connectivity index (χ1v) is 6.38. The van der Waals surface area contributed by atoms with Gasteiger partial charge in [-0.1, -0.05) is 6.07 Å². The second-order valence-corrected chi connectivity index (χ2v) is 4.99. The molecule has 0 aliphatic carbocycles. The average Bonchev–Trinajstić information content (AvgIpc) is 3.02. The van der Waals surface area contributed by atoms with Gasteiger partial charge in [0.15, 0.2) is 0 Å². The third kappa shape index (κ3) is 2.03. The lowest BCUT2D eigenvalue weighted by atomic mass is 10.1. The minimum atomic E-state index is -1.20. The van der Waals surface area contributed by atoms with E-state index >= 15 is 0 Å². The standard InChI is InChI=1S/C14H14FN3O2/c15-10-6-12(13(16)19)18(7-10)14(20)9-2-1-8-3-4-17-11(8)5-9/h1-5,10,12,17H,6-7H2,(H2,16,19)/t10-,12+/m1/s1. The summed E-state index contributed by atoms with van der Waals surface area (Å²) < 4.78 is 13.5. The molecule has 0 unspecified atom stereocenters. The van der Waals surface area contributed by atoms with Crippen molar-refractivity contribution in [2.75, 3.05) is 6.54 Å². The summed E-state index contributed by atoms with van der Waals surface area (Å²) in [4.78, 5) is 28.0. The molecule has 0 radical (unpaired) electrons. The number of halogens is 1. The molecule has 5 nitrogen and oxygen atoms in total. The highest BCUT2D eigenvalue weighted by atomic mass is 19.1. The fourth-order valence-electron chi connectivity index (χ4n) is 2.63. The number of H-pyrrole nitrogens is 1. The topological polar surface area (TPSA) is 79.2 Å². The quantitative estimate of drug-likeness (QED) is 0.864. The smallest absolute Gasteiger partial charge is 0.254 e. The number of primary amides is 1. The number of hydrogen-bond donors (Lipinski definition) is 2. The first-order valence-electron chi connectivity index (χ1n) is 6.38. The zero-order valence-electron chi connectivity index (χ0n) is 10.7. The number of fused-ring (bicyclic) bond motifs is 1. The largest absolute Gasteiger partial charge is 0.368 e. The van der Waals surface area contributed by atoms with E-state index in [2.05, 4.69) is 4.98 Å². The van der Waals surface area contributed by atoms with E-state index in [4.69, 9.17) is 5.73 Å². The van der Waals surface area contributed by atoms with Gasteiger partial charge >= 0.3 is 0 Å². The van der Waals surface area contributed by atoms with E-state index in [0.717, 1.165) is 10.9 Å². The molecule has 1 aromatic heterocycles. The summed E-state index contributed by atoms with van der Waals surface area (Å²) in [5.41, 5.74) is 6.47. The third-order valence-corrected chi connectivity index (χ3v) is 3.64. The molecular weight excluding hydrogens is 261 g/mol. The number of alkyl halides is 1. The second kappa shape index (κ2) is 4.63. The molecule has 2 aromatic rings. The Morgan fingerprint density at radius 1 is 1.35 bits per heavy atom. The predicted octanol–water partition coefficient (Wildman–Crippen LogP) is 1.21. The molecule has 1 aliphatic rings. The number of rotatable bonds is 2. The van der Waals surface area contributed by atoms with Crippen LogP contribution in [0.3, 0.4) is 0 Å². The van der Waals surface area contributed by atoms with Gasteiger partial charge in [-0.05, 0) is 23.6 Å². The monoisotopic (exact) mass is 275 g/mol. The zero-order valence-corrected chi connectivity index (χ0v) is 10.7. The number of aromatic nitrogens is 1. The fourth-order valence-corrected chi connectivity index (χ4v) is 2.63. The van der Waals surface area contributed by atoms with Gasteiger partial charge in [0.1, 0.15) is 12.2 Å². The Bertz CT molecular complexity index is 682. The van der Waals surface area contributed by atoms with Crippen LogP contribution in [0.4, 0.5) is 4.39 Å². The van der Waals surface area contributed by atoms with Gasteiger partial charge in [-0.15, -0.1) is 0 Å². The van der Waals surface area contributed by atoms with Gasteiger partial charge in [-0.25, -0.2) is 4.39 Å². The number of nitrogens with one attached hydrogen (secondary N) is 1. The van der Waals surface area contributed by atoms with Crippen LogP contribution >= 0.6 is 0 Å². The number of benzene rings is 1. The second-order valence-electron chi connectivity index (χ2n) is 4.99. The summed E-state index contributed by atoms with van der Waals surface area (Å²) in [6, 6.07) is 6.20. The number of aromatic amines is 1. The van der Waals surface area contributed by atoms with Crippen molar-refractivity contribution < 1.29 is 14.0 Å². The zero-order chi connectivity index (χ0) is 14.3. The van der Waals surface area contributed by atoms with E-state index in [-0.39, 0.29) is 18.9 Å². The lowest BCUT2D eigenvalue weighted by Gasteiger charge is -2.21. The van der Waals surface area contributed by atoms with Crippen LogP contribution in [0.2, 0.25) is 0 Å². The van der Waals surface area contributed by atoms with Crippen LogP contribution in [0, 0.1) is 0 Å². The molecule has 20 heavy (non-hydrogen) atoms. The van der Waals surface area contributed by atoms with Crippen LogP contribution < -0.4 is 5.73 Å². The van der Waals surface area contributed by atoms with Crippen LogP contribution in [-0.4, -0.2) is 40.5 Å². The van der Waals surface area contributed by atoms with E-state index in [1.54, 1.807) is 24.4 Å². The lowest BCUT2D eigenvalue weighted by molar-refractivity contribution is -0.121. The highest BCUT2D eigenvalue weighted by molar-refractivity contribution is 6.00. The Hall–Kier alpha value is -2.37. The summed E-state index contributed by atoms with van der Waals surface area (Å²) in [5.74, 6) is -1.04. The first-order chi connectivity index (χ1) is 9.56. The number of hydrogen-bond acceptors (Lipinski definition) is 2. The summed E-state index contributed by atoms with van der Waals surface area (Å²) >= 11 is 0. The number of carbonyl (C=O) groups excluding carboxylic acids is 2. The van der Waals surface area contributed by atoms with Gasteiger partial charge in [-0.2, -0.15) is 0 Å². The predicted molar refractivity (Wildman–Crippen MR) is 71.8 cm³/mol. The summed E-state index contributed by atoms with van der Waals surface area (Å²) in [5, 5.41) is 0.984. The maximum atomic E-state index is 13.5. The molecule has 0 spiro atoms. The maximum absolute atomic E-state index is 13.5. The molecule has 1 fully saturated rings. The molecule has 1 saturated heterocycles. The minimum Gasteiger partial charge on any atom is -0.368 e. The van der Waals surface area contributed by atoms with Gasteiger partial charge in [0.05, 0.1) is 6.54 Å². The fraction of sp³-hybridized carbons (Fsp3) is 0.286. The first kappa shape index (κ1) is 12.7. The molecule has 6 heteroatoms. The van der Waals surface area contributed by atoms with Gasteiger partial charge in [0, 0.05) is 23.7 Å². The maximum Gasteiger partial charge on any atom is 0.254 e. The molecule has 0 bridgehead atoms. The van der Waals surface area contributed by atoms with Crippen molar-refractivity contribution in [1.29, 1.82) is 0 Å². The van der Waals surface area contributed by atoms with E-state index in [9.17, 15) is 14.0 Å². The van der Waals surface area contributed by atoms with Gasteiger partial charge in [-0.3, -0.25) is 9.59 Å². The Morgan fingerprint density at radius 2 is 2.15 bits per heavy atom. The molecule has 0 saturated carbocycles. The minimum absolute atomic E-state index is 0.0220. The number of nitrogens with two attached hydrogens (primary N) is 1. The van der Waals surface area contributed by atoms with E-state index < -0.39 is 18.1 Å². The van der Waals surface area contributed by atoms with E-state index in [0.29, 0.717) is 5.56 Å². The van der Waals surface area contributed by atoms with Crippen molar-refractivity contribution in [3.05, 3.63) is 36.0 Å². The van der Waals surface area contributed by atoms with Crippen LogP contribution in [0.15, 0.2) is 30.5 Å². The molecular formula is C14H14FN3O2. The van der Waals surface area contributed by atoms with Crippen molar-refractivity contribution >= 4 is 22.7 Å². The number of likely N-dealkylation sites (tertiary alicyclic amines) is 1. The van der Waals surface area contributed by atoms with Crippen LogP contribution in [-0.2, 0) is 4.79 Å². The van der Waals surface area contributed by atoms with Crippen LogP contribution in [0.25, 0.3) is 10.9 Å². The van der Waals surface area contributed by atoms with Gasteiger partial charge in [0.25, 0.3) is 5.91 Å². The van der Waals surface area contributed by atoms with Gasteiger partial charge < -0.3 is 15.6 Å². The lowest BCUT2D eigenvalue weighted by Crippen LogP contribution is -2.43. The molecule has 2 atom stereocenters. The molecule has 3 N–H and O–H groups in total. The summed E-state index contributed by atoms with van der Waals surface area (Å²) in [6.07, 6.45) is 0.551. The number of amides is 2. The highest BCUT2D eigenvalue weighted by Gasteiger charge is 2.39. The molecule has 2 amide bonds. The van der Waals surface area contributed by atoms with Crippen LogP contribution in [0.1, 0.15) is 16.8 Å². The van der Waals surface area contributed by atoms with E-state index in [1.165, 1.54) is 4.90 Å². The van der Waals surface area contributed by atoms with Crippen molar-refractivity contribution in [3.63, 3.8) is 0 Å². The molecule has 104 valence electrons. The number of carbonyl (C=O) groups is 2. The summed E-state index contributed by atoms with van der Waals surface area (Å²) in [7, 11) is 0. The molecule has 1 aliphatic heterocycles. The Labute approximate surface area is 114 Å². The summed E-state index contributed by atoms with van der Waals surface area (Å²) in [6.45, 7) is -0.0881. The molecule has 3 rings (SSSR count). The van der Waals surface area contributed by atoms with Crippen LogP contribution in [0.5, 0.6) is 0 Å². The van der Waals surface area contributed by atoms with Crippen molar-refractivity contribution in [1.82, 2.24) is 9.88 Å².